The molecule has 3 saturated heterocycles. The molecule has 0 bridgehead atoms. The number of aromatic nitrogens is 1. The number of carbonyl (C=O) groups excluding carboxylic acids is 1. The molecule has 5 atom stereocenters. The Morgan fingerprint density at radius 3 is 2.68 bits per heavy atom. The summed E-state index contributed by atoms with van der Waals surface area (Å²) in [6.45, 7) is 6.35. The van der Waals surface area contributed by atoms with Gasteiger partial charge in [-0.15, -0.1) is 0 Å². The number of carbonyl (C=O) groups is 1. The highest BCUT2D eigenvalue weighted by Gasteiger charge is 2.55. The minimum atomic E-state index is -0.443. The Balaban J connectivity index is 1.16. The van der Waals surface area contributed by atoms with E-state index in [1.165, 1.54) is 0 Å². The molecule has 8 heteroatoms. The van der Waals surface area contributed by atoms with Crippen molar-refractivity contribution < 1.29 is 19.4 Å². The summed E-state index contributed by atoms with van der Waals surface area (Å²) >= 11 is 6.71. The fraction of sp³-hybridized carbons (Fsp3) is 0.615. The van der Waals surface area contributed by atoms with Gasteiger partial charge in [0.15, 0.2) is 0 Å². The molecule has 4 aliphatic rings. The molecular weight excluding hydrogens is 454 g/mol. The lowest BCUT2D eigenvalue weighted by Crippen LogP contribution is -2.56. The van der Waals surface area contributed by atoms with Gasteiger partial charge in [-0.05, 0) is 86.2 Å². The summed E-state index contributed by atoms with van der Waals surface area (Å²) in [5.41, 5.74) is 0.846. The van der Waals surface area contributed by atoms with Gasteiger partial charge >= 0.3 is 0 Å². The van der Waals surface area contributed by atoms with Crippen molar-refractivity contribution in [2.24, 2.45) is 17.8 Å². The summed E-state index contributed by atoms with van der Waals surface area (Å²) < 4.78 is 11.0. The standard InChI is InChI=1S/C26H32ClN3O4/c1-26(14-34-13-22(26)31)30-5-2-15(3-6-30)19-8-16-10-23(28-11-17(16)9-21(19)27)29-25(32)24-18-4-7-33-12-20(18)24/h8-11,15,18,20,22,24,31H,2-7,12-14H2,1H3,(H,28,29,32)/t18-,20+,22+,24-,26-/m1/s1. The summed E-state index contributed by atoms with van der Waals surface area (Å²) in [5.74, 6) is 1.89. The number of anilines is 1. The molecule has 0 radical (unpaired) electrons. The molecule has 1 aliphatic carbocycles. The van der Waals surface area contributed by atoms with Crippen LogP contribution in [0.25, 0.3) is 10.8 Å². The first-order chi connectivity index (χ1) is 16.4. The lowest BCUT2D eigenvalue weighted by molar-refractivity contribution is -0.117. The molecule has 1 saturated carbocycles. The van der Waals surface area contributed by atoms with E-state index in [0.29, 0.717) is 43.4 Å². The van der Waals surface area contributed by atoms with E-state index >= 15 is 0 Å². The average Bonchev–Trinajstić information content (AvgIpc) is 3.48. The van der Waals surface area contributed by atoms with Gasteiger partial charge in [0.2, 0.25) is 5.91 Å². The number of hydrogen-bond acceptors (Lipinski definition) is 6. The third-order valence-corrected chi connectivity index (χ3v) is 9.00. The van der Waals surface area contributed by atoms with Gasteiger partial charge in [-0.25, -0.2) is 4.98 Å². The zero-order valence-corrected chi connectivity index (χ0v) is 20.3. The van der Waals surface area contributed by atoms with E-state index < -0.39 is 6.10 Å². The number of aliphatic hydroxyl groups is 1. The Hall–Kier alpha value is -1.77. The maximum Gasteiger partial charge on any atom is 0.229 e. The number of nitrogens with one attached hydrogen (secondary N) is 1. The van der Waals surface area contributed by atoms with Crippen molar-refractivity contribution >= 4 is 34.1 Å². The van der Waals surface area contributed by atoms with Crippen LogP contribution in [0.4, 0.5) is 5.82 Å². The topological polar surface area (TPSA) is 83.9 Å². The Labute approximate surface area is 204 Å². The van der Waals surface area contributed by atoms with Crippen molar-refractivity contribution in [3.05, 3.63) is 35.0 Å². The summed E-state index contributed by atoms with van der Waals surface area (Å²) in [6.07, 6.45) is 4.28. The molecule has 1 aromatic carbocycles. The number of fused-ring (bicyclic) bond motifs is 2. The lowest BCUT2D eigenvalue weighted by Gasteiger charge is -2.43. The second-order valence-corrected chi connectivity index (χ2v) is 11.1. The zero-order chi connectivity index (χ0) is 23.4. The van der Waals surface area contributed by atoms with Crippen molar-refractivity contribution in [1.29, 1.82) is 0 Å². The number of rotatable bonds is 4. The van der Waals surface area contributed by atoms with Crippen molar-refractivity contribution in [3.8, 4) is 0 Å². The number of benzene rings is 1. The Kier molecular flexibility index (Phi) is 5.81. The molecule has 4 heterocycles. The van der Waals surface area contributed by atoms with Gasteiger partial charge in [-0.2, -0.15) is 0 Å². The van der Waals surface area contributed by atoms with E-state index in [-0.39, 0.29) is 17.4 Å². The van der Waals surface area contributed by atoms with Crippen LogP contribution in [0, 0.1) is 17.8 Å². The van der Waals surface area contributed by atoms with Gasteiger partial charge in [0.05, 0.1) is 31.5 Å². The Morgan fingerprint density at radius 2 is 1.97 bits per heavy atom. The van der Waals surface area contributed by atoms with E-state index in [1.807, 2.05) is 12.1 Å². The van der Waals surface area contributed by atoms with Crippen LogP contribution in [0.2, 0.25) is 5.02 Å². The number of amides is 1. The van der Waals surface area contributed by atoms with E-state index in [1.54, 1.807) is 6.20 Å². The predicted molar refractivity (Wildman–Crippen MR) is 130 cm³/mol. The molecular formula is C26H32ClN3O4. The number of likely N-dealkylation sites (tertiary alicyclic amines) is 1. The summed E-state index contributed by atoms with van der Waals surface area (Å²) in [7, 11) is 0. The van der Waals surface area contributed by atoms with Crippen LogP contribution in [0.5, 0.6) is 0 Å². The highest BCUT2D eigenvalue weighted by molar-refractivity contribution is 6.32. The maximum absolute atomic E-state index is 12.8. The molecule has 0 unspecified atom stereocenters. The second-order valence-electron chi connectivity index (χ2n) is 10.6. The fourth-order valence-electron chi connectivity index (χ4n) is 6.32. The van der Waals surface area contributed by atoms with Gasteiger partial charge < -0.3 is 19.9 Å². The largest absolute Gasteiger partial charge is 0.389 e. The summed E-state index contributed by atoms with van der Waals surface area (Å²) in [5, 5.41) is 16.2. The number of ether oxygens (including phenoxy) is 2. The summed E-state index contributed by atoms with van der Waals surface area (Å²) in [6, 6.07) is 6.10. The molecule has 0 spiro atoms. The summed E-state index contributed by atoms with van der Waals surface area (Å²) in [4.78, 5) is 19.6. The molecule has 34 heavy (non-hydrogen) atoms. The van der Waals surface area contributed by atoms with Gasteiger partial charge in [-0.3, -0.25) is 9.69 Å². The van der Waals surface area contributed by atoms with E-state index in [9.17, 15) is 9.90 Å². The van der Waals surface area contributed by atoms with Crippen LogP contribution in [-0.2, 0) is 14.3 Å². The quantitative estimate of drug-likeness (QED) is 0.690. The third kappa shape index (κ3) is 3.91. The van der Waals surface area contributed by atoms with Crippen molar-refractivity contribution in [3.63, 3.8) is 0 Å². The van der Waals surface area contributed by atoms with Crippen molar-refractivity contribution in [2.45, 2.75) is 43.7 Å². The van der Waals surface area contributed by atoms with E-state index in [2.05, 4.69) is 28.2 Å². The van der Waals surface area contributed by atoms with Crippen LogP contribution in [0.1, 0.15) is 37.7 Å². The van der Waals surface area contributed by atoms with Gasteiger partial charge in [-0.1, -0.05) is 11.6 Å². The SMILES string of the molecule is C[C@@]1(N2CCC(c3cc4cc(NC(=O)[C@@H]5[C@@H]6CCOC[C@@H]65)ncc4cc3Cl)CC2)COC[C@@H]1O. The van der Waals surface area contributed by atoms with Gasteiger partial charge in [0, 0.05) is 29.1 Å². The molecule has 4 fully saturated rings. The molecule has 2 N–H and O–H groups in total. The number of piperidine rings is 1. The average molecular weight is 486 g/mol. The van der Waals surface area contributed by atoms with Crippen molar-refractivity contribution in [2.75, 3.05) is 44.8 Å². The van der Waals surface area contributed by atoms with Crippen LogP contribution in [-0.4, -0.2) is 72.1 Å². The molecule has 6 rings (SSSR count). The van der Waals surface area contributed by atoms with Crippen LogP contribution < -0.4 is 5.32 Å². The molecule has 2 aromatic rings. The fourth-order valence-corrected chi connectivity index (χ4v) is 6.65. The first-order valence-electron chi connectivity index (χ1n) is 12.4. The molecule has 3 aliphatic heterocycles. The minimum Gasteiger partial charge on any atom is -0.389 e. The lowest BCUT2D eigenvalue weighted by atomic mass is 9.85. The molecule has 7 nitrogen and oxygen atoms in total. The Bertz CT molecular complexity index is 1090. The molecule has 182 valence electrons. The third-order valence-electron chi connectivity index (χ3n) is 8.67. The van der Waals surface area contributed by atoms with Crippen LogP contribution >= 0.6 is 11.6 Å². The number of aliphatic hydroxyl groups excluding tert-OH is 1. The van der Waals surface area contributed by atoms with Gasteiger partial charge in [0.1, 0.15) is 5.82 Å². The highest BCUT2D eigenvalue weighted by Crippen LogP contribution is 2.51. The van der Waals surface area contributed by atoms with E-state index in [0.717, 1.165) is 60.3 Å². The minimum absolute atomic E-state index is 0.0524. The normalized spacial score (nSPS) is 34.2. The molecule has 1 amide bonds. The number of halogens is 1. The number of pyridine rings is 1. The predicted octanol–water partition coefficient (Wildman–Crippen LogP) is 3.44. The van der Waals surface area contributed by atoms with Crippen LogP contribution in [0.3, 0.4) is 0 Å². The van der Waals surface area contributed by atoms with Crippen LogP contribution in [0.15, 0.2) is 24.4 Å². The number of hydrogen-bond donors (Lipinski definition) is 2. The second kappa shape index (κ2) is 8.71. The van der Waals surface area contributed by atoms with Gasteiger partial charge in [0.25, 0.3) is 0 Å². The molecule has 1 aromatic heterocycles. The zero-order valence-electron chi connectivity index (χ0n) is 19.5. The Morgan fingerprint density at radius 1 is 1.15 bits per heavy atom. The van der Waals surface area contributed by atoms with Crippen molar-refractivity contribution in [1.82, 2.24) is 9.88 Å². The first kappa shape index (κ1) is 22.7. The maximum atomic E-state index is 12.8. The monoisotopic (exact) mass is 485 g/mol. The highest BCUT2D eigenvalue weighted by atomic mass is 35.5. The number of nitrogens with zero attached hydrogens (tertiary/aromatic N) is 2. The first-order valence-corrected chi connectivity index (χ1v) is 12.8. The smallest absolute Gasteiger partial charge is 0.229 e. The van der Waals surface area contributed by atoms with E-state index in [4.69, 9.17) is 21.1 Å².